The second-order valence-electron chi connectivity index (χ2n) is 3.67. The predicted octanol–water partition coefficient (Wildman–Crippen LogP) is 1.83. The van der Waals surface area contributed by atoms with Crippen LogP contribution in [0.3, 0.4) is 0 Å². The summed E-state index contributed by atoms with van der Waals surface area (Å²) in [6, 6.07) is 6.23. The molecule has 0 bridgehead atoms. The molecule has 2 rings (SSSR count). The van der Waals surface area contributed by atoms with E-state index in [9.17, 15) is 9.18 Å². The minimum Gasteiger partial charge on any atom is -0.409 e. The van der Waals surface area contributed by atoms with Crippen molar-refractivity contribution in [3.8, 4) is 0 Å². The quantitative estimate of drug-likeness (QED) is 0.510. The summed E-state index contributed by atoms with van der Waals surface area (Å²) >= 11 is 0. The van der Waals surface area contributed by atoms with E-state index in [1.54, 1.807) is 25.1 Å². The fraction of sp³-hybridized carbons (Fsp3) is 0.273. The molecule has 0 aliphatic rings. The van der Waals surface area contributed by atoms with Crippen LogP contribution in [0, 0.1) is 0 Å². The minimum absolute atomic E-state index is 0. The number of nitrogen functional groups attached to an aromatic ring is 1. The first-order valence-corrected chi connectivity index (χ1v) is 4.77. The molecule has 16 heavy (non-hydrogen) atoms. The van der Waals surface area contributed by atoms with E-state index < -0.39 is 12.7 Å². The number of hydrogen-bond acceptors (Lipinski definition) is 2. The van der Waals surface area contributed by atoms with Gasteiger partial charge in [-0.25, -0.2) is 4.39 Å². The third-order valence-electron chi connectivity index (χ3n) is 2.49. The van der Waals surface area contributed by atoms with E-state index in [-0.39, 0.29) is 22.6 Å². The number of halogens is 1. The molecule has 0 radical (unpaired) electrons. The van der Waals surface area contributed by atoms with Gasteiger partial charge in [0, 0.05) is 23.1 Å². The zero-order chi connectivity index (χ0) is 11.0. The van der Waals surface area contributed by atoms with E-state index >= 15 is 0 Å². The van der Waals surface area contributed by atoms with Crippen LogP contribution in [0.2, 0.25) is 0 Å². The van der Waals surface area contributed by atoms with Crippen LogP contribution in [0.25, 0.3) is 10.9 Å². The topological polar surface area (TPSA) is 48.0 Å². The van der Waals surface area contributed by atoms with Gasteiger partial charge < -0.3 is 10.3 Å². The largest absolute Gasteiger partial charge is 0.409 e. The Hall–Kier alpha value is -1.19. The number of nitrogens with zero attached hydrogens (tertiary/aromatic N) is 1. The number of anilines is 1. The minimum atomic E-state index is -0.552. The van der Waals surface area contributed by atoms with Crippen molar-refractivity contribution in [1.29, 1.82) is 0 Å². The Morgan fingerprint density at radius 1 is 1.56 bits per heavy atom. The summed E-state index contributed by atoms with van der Waals surface area (Å²) in [5.74, 6) is 0. The van der Waals surface area contributed by atoms with Crippen LogP contribution in [0.15, 0.2) is 29.1 Å². The molecule has 3 nitrogen and oxygen atoms in total. The molecule has 1 atom stereocenters. The molecule has 88 valence electrons. The summed E-state index contributed by atoms with van der Waals surface area (Å²) in [5, 5.41) is 0.764. The van der Waals surface area contributed by atoms with Gasteiger partial charge in [-0.3, -0.25) is 4.79 Å². The number of rotatable bonds is 2. The number of hydrogen-bond donors (Lipinski definition) is 1. The van der Waals surface area contributed by atoms with E-state index in [0.29, 0.717) is 5.69 Å². The van der Waals surface area contributed by atoms with Crippen LogP contribution in [0.4, 0.5) is 10.1 Å². The molecule has 0 saturated carbocycles. The molecule has 1 aromatic heterocycles. The maximum absolute atomic E-state index is 12.6. The molecule has 0 aliphatic heterocycles. The Morgan fingerprint density at radius 3 is 2.88 bits per heavy atom. The van der Waals surface area contributed by atoms with Crippen LogP contribution >= 0.6 is 0 Å². The fourth-order valence-corrected chi connectivity index (χ4v) is 1.75. The number of fused-ring (bicyclic) bond motifs is 1. The third-order valence-corrected chi connectivity index (χ3v) is 2.49. The normalized spacial score (nSPS) is 12.4. The molecule has 0 fully saturated rings. The first kappa shape index (κ1) is 12.9. The predicted molar refractivity (Wildman–Crippen MR) is 58.9 cm³/mol. The SMILES string of the molecule is CC(CF)n1c(=O)[cH-]c2cc(N)ccc21.[Fe]. The van der Waals surface area contributed by atoms with E-state index in [2.05, 4.69) is 0 Å². The molecule has 0 aliphatic carbocycles. The molecule has 2 N–H and O–H groups in total. The van der Waals surface area contributed by atoms with Crippen molar-refractivity contribution in [1.82, 2.24) is 4.57 Å². The first-order chi connectivity index (χ1) is 7.13. The van der Waals surface area contributed by atoms with Crippen molar-refractivity contribution in [2.45, 2.75) is 13.0 Å². The second kappa shape index (κ2) is 4.76. The summed E-state index contributed by atoms with van der Waals surface area (Å²) in [4.78, 5) is 11.6. The van der Waals surface area contributed by atoms with Gasteiger partial charge in [0.2, 0.25) is 0 Å². The zero-order valence-electron chi connectivity index (χ0n) is 8.76. The number of nitrogens with two attached hydrogens (primary N) is 1. The van der Waals surface area contributed by atoms with Gasteiger partial charge >= 0.3 is 0 Å². The molecule has 1 unspecified atom stereocenters. The molecule has 2 aromatic rings. The standard InChI is InChI=1S/C11H12FN2O.Fe/c1-7(6-12)14-10-3-2-9(13)4-8(10)5-11(14)15;/h2-5,7H,6,13H2,1H3;/q-1;. The van der Waals surface area contributed by atoms with Crippen LogP contribution in [-0.2, 0) is 17.1 Å². The van der Waals surface area contributed by atoms with Gasteiger partial charge in [-0.2, -0.15) is 5.39 Å². The molecule has 0 spiro atoms. The van der Waals surface area contributed by atoms with Gasteiger partial charge in [-0.05, 0) is 12.6 Å². The number of benzene rings is 1. The first-order valence-electron chi connectivity index (χ1n) is 4.77. The third kappa shape index (κ3) is 2.01. The Bertz CT molecular complexity index is 546. The molecule has 0 saturated heterocycles. The Balaban J connectivity index is 0.00000128. The van der Waals surface area contributed by atoms with Gasteiger partial charge in [0.1, 0.15) is 6.67 Å². The van der Waals surface area contributed by atoms with Crippen LogP contribution < -0.4 is 11.3 Å². The van der Waals surface area contributed by atoms with Gasteiger partial charge in [0.05, 0.1) is 0 Å². The summed E-state index contributed by atoms with van der Waals surface area (Å²) in [7, 11) is 0. The van der Waals surface area contributed by atoms with Crippen LogP contribution in [0.5, 0.6) is 0 Å². The summed E-state index contributed by atoms with van der Waals surface area (Å²) in [5.41, 5.74) is 6.77. The van der Waals surface area contributed by atoms with Crippen molar-refractivity contribution in [3.05, 3.63) is 34.6 Å². The number of aromatic nitrogens is 1. The Labute approximate surface area is 103 Å². The Kier molecular flexibility index (Phi) is 3.83. The second-order valence-corrected chi connectivity index (χ2v) is 3.67. The van der Waals surface area contributed by atoms with E-state index in [4.69, 9.17) is 5.73 Å². The van der Waals surface area contributed by atoms with E-state index in [0.717, 1.165) is 10.9 Å². The van der Waals surface area contributed by atoms with Gasteiger partial charge in [0.25, 0.3) is 0 Å². The molecular weight excluding hydrogens is 251 g/mol. The molecular formula is C11H12FFeN2O-. The van der Waals surface area contributed by atoms with E-state index in [1.165, 1.54) is 10.6 Å². The van der Waals surface area contributed by atoms with Crippen molar-refractivity contribution in [2.24, 2.45) is 0 Å². The summed E-state index contributed by atoms with van der Waals surface area (Å²) in [6.07, 6.45) is 0. The van der Waals surface area contributed by atoms with Crippen LogP contribution in [-0.4, -0.2) is 11.2 Å². The maximum Gasteiger partial charge on any atom is 0.185 e. The monoisotopic (exact) mass is 263 g/mol. The van der Waals surface area contributed by atoms with E-state index in [1.807, 2.05) is 0 Å². The molecule has 0 amide bonds. The molecule has 5 heteroatoms. The molecule has 1 heterocycles. The van der Waals surface area contributed by atoms with Crippen molar-refractivity contribution in [2.75, 3.05) is 12.4 Å². The smallest absolute Gasteiger partial charge is 0.185 e. The van der Waals surface area contributed by atoms with Crippen molar-refractivity contribution < 1.29 is 21.5 Å². The summed E-state index contributed by atoms with van der Waals surface area (Å²) in [6.45, 7) is 1.13. The van der Waals surface area contributed by atoms with Gasteiger partial charge in [0.15, 0.2) is 5.56 Å². The average molecular weight is 263 g/mol. The summed E-state index contributed by atoms with van der Waals surface area (Å²) < 4.78 is 14.0. The Morgan fingerprint density at radius 2 is 2.25 bits per heavy atom. The fourth-order valence-electron chi connectivity index (χ4n) is 1.75. The van der Waals surface area contributed by atoms with Gasteiger partial charge in [-0.15, -0.1) is 6.07 Å². The van der Waals surface area contributed by atoms with Crippen molar-refractivity contribution in [3.63, 3.8) is 0 Å². The van der Waals surface area contributed by atoms with Crippen molar-refractivity contribution >= 4 is 16.6 Å². The molecule has 1 aromatic carbocycles. The van der Waals surface area contributed by atoms with Crippen LogP contribution in [0.1, 0.15) is 13.0 Å². The number of alkyl halides is 1. The average Bonchev–Trinajstić information content (AvgIpc) is 2.52. The zero-order valence-corrected chi connectivity index (χ0v) is 9.86. The van der Waals surface area contributed by atoms with Gasteiger partial charge in [-0.1, -0.05) is 23.7 Å². The maximum atomic E-state index is 12.6.